The minimum absolute atomic E-state index is 0.668. The molecular formula is C14H22O2. The van der Waals surface area contributed by atoms with Gasteiger partial charge < -0.3 is 9.84 Å². The van der Waals surface area contributed by atoms with Gasteiger partial charge in [-0.05, 0) is 56.9 Å². The number of benzene rings is 1. The lowest BCUT2D eigenvalue weighted by molar-refractivity contribution is 0.0808. The van der Waals surface area contributed by atoms with Crippen molar-refractivity contribution < 1.29 is 9.84 Å². The van der Waals surface area contributed by atoms with E-state index in [0.717, 1.165) is 11.3 Å². The molecule has 0 heterocycles. The maximum absolute atomic E-state index is 9.87. The Balaban J connectivity index is 3.23. The van der Waals surface area contributed by atoms with Crippen molar-refractivity contribution in [3.05, 3.63) is 28.3 Å². The number of aliphatic hydroxyl groups is 1. The number of hydrogen-bond acceptors (Lipinski definition) is 2. The Labute approximate surface area is 98.3 Å². The van der Waals surface area contributed by atoms with Gasteiger partial charge in [0.25, 0.3) is 0 Å². The minimum Gasteiger partial charge on any atom is -0.496 e. The summed E-state index contributed by atoms with van der Waals surface area (Å²) in [6.07, 6.45) is 0.671. The molecule has 0 aliphatic rings. The van der Waals surface area contributed by atoms with Gasteiger partial charge in [0.05, 0.1) is 12.7 Å². The van der Waals surface area contributed by atoms with Gasteiger partial charge in [-0.15, -0.1) is 0 Å². The van der Waals surface area contributed by atoms with Crippen LogP contribution in [0.4, 0.5) is 0 Å². The van der Waals surface area contributed by atoms with Gasteiger partial charge in [-0.2, -0.15) is 0 Å². The second kappa shape index (κ2) is 4.46. The monoisotopic (exact) mass is 222 g/mol. The van der Waals surface area contributed by atoms with Gasteiger partial charge in [0.15, 0.2) is 0 Å². The molecule has 0 unspecified atom stereocenters. The van der Waals surface area contributed by atoms with E-state index in [4.69, 9.17) is 4.74 Å². The molecule has 0 atom stereocenters. The third kappa shape index (κ3) is 2.76. The fourth-order valence-electron chi connectivity index (χ4n) is 2.11. The lowest BCUT2D eigenvalue weighted by atomic mass is 9.91. The lowest BCUT2D eigenvalue weighted by Gasteiger charge is -2.21. The number of rotatable bonds is 3. The fourth-order valence-corrected chi connectivity index (χ4v) is 2.11. The van der Waals surface area contributed by atoms with Crippen LogP contribution in [-0.4, -0.2) is 17.8 Å². The minimum atomic E-state index is -0.668. The number of ether oxygens (including phenoxy) is 1. The fraction of sp³-hybridized carbons (Fsp3) is 0.571. The van der Waals surface area contributed by atoms with Crippen LogP contribution >= 0.6 is 0 Å². The third-order valence-corrected chi connectivity index (χ3v) is 2.96. The van der Waals surface area contributed by atoms with Crippen molar-refractivity contribution in [2.45, 2.75) is 46.6 Å². The zero-order valence-electron chi connectivity index (χ0n) is 11.1. The van der Waals surface area contributed by atoms with Crippen LogP contribution < -0.4 is 4.74 Å². The highest BCUT2D eigenvalue weighted by atomic mass is 16.5. The highest BCUT2D eigenvalue weighted by Crippen LogP contribution is 2.30. The first-order valence-corrected chi connectivity index (χ1v) is 5.62. The topological polar surface area (TPSA) is 29.5 Å². The first-order valence-electron chi connectivity index (χ1n) is 5.62. The van der Waals surface area contributed by atoms with Crippen molar-refractivity contribution in [2.24, 2.45) is 0 Å². The third-order valence-electron chi connectivity index (χ3n) is 2.96. The molecule has 1 aromatic rings. The molecule has 0 saturated heterocycles. The highest BCUT2D eigenvalue weighted by Gasteiger charge is 2.18. The van der Waals surface area contributed by atoms with Crippen LogP contribution in [0.1, 0.15) is 36.1 Å². The van der Waals surface area contributed by atoms with Gasteiger partial charge in [0.2, 0.25) is 0 Å². The largest absolute Gasteiger partial charge is 0.496 e. The molecule has 0 saturated carbocycles. The standard InChI is InChI=1S/C14H22O2/c1-9-7-12(8-14(4,5)15)10(2)11(3)13(9)16-6/h7,15H,8H2,1-6H3. The van der Waals surface area contributed by atoms with E-state index in [1.807, 2.05) is 20.8 Å². The van der Waals surface area contributed by atoms with E-state index in [0.29, 0.717) is 6.42 Å². The number of hydrogen-bond donors (Lipinski definition) is 1. The predicted molar refractivity (Wildman–Crippen MR) is 67.2 cm³/mol. The quantitative estimate of drug-likeness (QED) is 0.852. The number of methoxy groups -OCH3 is 1. The molecule has 0 fully saturated rings. The van der Waals surface area contributed by atoms with Crippen molar-refractivity contribution in [3.63, 3.8) is 0 Å². The second-order valence-electron chi connectivity index (χ2n) is 5.13. The van der Waals surface area contributed by atoms with E-state index < -0.39 is 5.60 Å². The van der Waals surface area contributed by atoms with Crippen molar-refractivity contribution >= 4 is 0 Å². The summed E-state index contributed by atoms with van der Waals surface area (Å²) in [5.74, 6) is 0.956. The molecule has 0 aliphatic carbocycles. The van der Waals surface area contributed by atoms with Gasteiger partial charge in [0.1, 0.15) is 5.75 Å². The van der Waals surface area contributed by atoms with Gasteiger partial charge in [-0.1, -0.05) is 6.07 Å². The van der Waals surface area contributed by atoms with Crippen molar-refractivity contribution in [2.75, 3.05) is 7.11 Å². The van der Waals surface area contributed by atoms with Gasteiger partial charge in [0, 0.05) is 6.42 Å². The Kier molecular flexibility index (Phi) is 3.64. The van der Waals surface area contributed by atoms with Crippen LogP contribution in [0.15, 0.2) is 6.07 Å². The molecule has 90 valence electrons. The van der Waals surface area contributed by atoms with Crippen LogP contribution in [-0.2, 0) is 6.42 Å². The second-order valence-corrected chi connectivity index (χ2v) is 5.13. The zero-order valence-corrected chi connectivity index (χ0v) is 11.1. The lowest BCUT2D eigenvalue weighted by Crippen LogP contribution is -2.22. The molecule has 0 radical (unpaired) electrons. The Morgan fingerprint density at radius 2 is 1.75 bits per heavy atom. The van der Waals surface area contributed by atoms with Crippen molar-refractivity contribution in [1.82, 2.24) is 0 Å². The van der Waals surface area contributed by atoms with Gasteiger partial charge in [-0.25, -0.2) is 0 Å². The van der Waals surface area contributed by atoms with Crippen LogP contribution in [0.3, 0.4) is 0 Å². The maximum atomic E-state index is 9.87. The SMILES string of the molecule is COc1c(C)cc(CC(C)(C)O)c(C)c1C. The van der Waals surface area contributed by atoms with Crippen LogP contribution in [0, 0.1) is 20.8 Å². The van der Waals surface area contributed by atoms with E-state index >= 15 is 0 Å². The highest BCUT2D eigenvalue weighted by molar-refractivity contribution is 5.49. The Morgan fingerprint density at radius 3 is 2.19 bits per heavy atom. The maximum Gasteiger partial charge on any atom is 0.124 e. The molecule has 1 rings (SSSR count). The van der Waals surface area contributed by atoms with Gasteiger partial charge in [-0.3, -0.25) is 0 Å². The normalized spacial score (nSPS) is 11.7. The zero-order chi connectivity index (χ0) is 12.5. The molecule has 0 aromatic heterocycles. The summed E-state index contributed by atoms with van der Waals surface area (Å²) in [6, 6.07) is 2.11. The molecule has 1 aromatic carbocycles. The van der Waals surface area contributed by atoms with E-state index in [9.17, 15) is 5.11 Å². The molecule has 0 aliphatic heterocycles. The summed E-state index contributed by atoms with van der Waals surface area (Å²) in [6.45, 7) is 9.86. The number of aryl methyl sites for hydroxylation is 1. The summed E-state index contributed by atoms with van der Waals surface area (Å²) in [5, 5.41) is 9.87. The average Bonchev–Trinajstić information content (AvgIpc) is 2.12. The van der Waals surface area contributed by atoms with E-state index in [-0.39, 0.29) is 0 Å². The van der Waals surface area contributed by atoms with E-state index in [1.54, 1.807) is 7.11 Å². The smallest absolute Gasteiger partial charge is 0.124 e. The molecule has 1 N–H and O–H groups in total. The molecule has 16 heavy (non-hydrogen) atoms. The first kappa shape index (κ1) is 13.0. The molecule has 2 nitrogen and oxygen atoms in total. The first-order chi connectivity index (χ1) is 7.26. The molecule has 0 bridgehead atoms. The van der Waals surface area contributed by atoms with Crippen LogP contribution in [0.2, 0.25) is 0 Å². The Bertz CT molecular complexity index is 387. The molecular weight excluding hydrogens is 200 g/mol. The van der Waals surface area contributed by atoms with Crippen molar-refractivity contribution in [3.8, 4) is 5.75 Å². The van der Waals surface area contributed by atoms with Crippen LogP contribution in [0.5, 0.6) is 5.75 Å². The summed E-state index contributed by atoms with van der Waals surface area (Å²) in [4.78, 5) is 0. The molecule has 2 heteroatoms. The Morgan fingerprint density at radius 1 is 1.19 bits per heavy atom. The molecule has 0 amide bonds. The van der Waals surface area contributed by atoms with Crippen molar-refractivity contribution in [1.29, 1.82) is 0 Å². The van der Waals surface area contributed by atoms with E-state index in [1.165, 1.54) is 16.7 Å². The van der Waals surface area contributed by atoms with E-state index in [2.05, 4.69) is 19.9 Å². The Hall–Kier alpha value is -1.02. The predicted octanol–water partition coefficient (Wildman–Crippen LogP) is 2.93. The summed E-state index contributed by atoms with van der Waals surface area (Å²) in [5.41, 5.74) is 4.04. The van der Waals surface area contributed by atoms with Gasteiger partial charge >= 0.3 is 0 Å². The van der Waals surface area contributed by atoms with Crippen LogP contribution in [0.25, 0.3) is 0 Å². The summed E-state index contributed by atoms with van der Waals surface area (Å²) in [7, 11) is 1.70. The summed E-state index contributed by atoms with van der Waals surface area (Å²) < 4.78 is 5.38. The average molecular weight is 222 g/mol. The summed E-state index contributed by atoms with van der Waals surface area (Å²) >= 11 is 0. The molecule has 0 spiro atoms.